The van der Waals surface area contributed by atoms with E-state index in [0.717, 1.165) is 0 Å². The second-order valence-corrected chi connectivity index (χ2v) is 3.21. The van der Waals surface area contributed by atoms with Gasteiger partial charge in [-0.05, 0) is 12.1 Å². The molecule has 0 aliphatic carbocycles. The molecular weight excluding hydrogens is 211 g/mol. The molecule has 0 heterocycles. The minimum absolute atomic E-state index is 0. The number of ketones is 1. The summed E-state index contributed by atoms with van der Waals surface area (Å²) in [5.41, 5.74) is 0.919. The van der Waals surface area contributed by atoms with Gasteiger partial charge in [0.25, 0.3) is 0 Å². The van der Waals surface area contributed by atoms with Crippen molar-refractivity contribution in [3.8, 4) is 5.75 Å². The van der Waals surface area contributed by atoms with E-state index in [0.29, 0.717) is 11.1 Å². The van der Waals surface area contributed by atoms with Gasteiger partial charge in [-0.25, -0.2) is 0 Å². The minimum atomic E-state index is -0.159. The van der Waals surface area contributed by atoms with Gasteiger partial charge in [-0.2, -0.15) is 0 Å². The number of carbonyl (C=O) groups excluding carboxylic acids is 1. The van der Waals surface area contributed by atoms with Crippen LogP contribution in [0.3, 0.4) is 0 Å². The van der Waals surface area contributed by atoms with Crippen LogP contribution in [0.15, 0.2) is 54.6 Å². The summed E-state index contributed by atoms with van der Waals surface area (Å²) < 4.78 is 0. The van der Waals surface area contributed by atoms with Crippen LogP contribution in [0.1, 0.15) is 15.9 Å². The molecule has 0 spiro atoms. The first kappa shape index (κ1) is 13.0. The molecule has 2 aromatic rings. The van der Waals surface area contributed by atoms with Crippen LogP contribution in [-0.2, 0) is 0 Å². The van der Waals surface area contributed by atoms with E-state index >= 15 is 0 Å². The van der Waals surface area contributed by atoms with Crippen molar-refractivity contribution < 1.29 is 9.90 Å². The summed E-state index contributed by atoms with van der Waals surface area (Å²) in [4.78, 5) is 11.9. The quantitative estimate of drug-likeness (QED) is 0.623. The third-order valence-corrected chi connectivity index (χ3v) is 2.18. The molecule has 0 saturated heterocycles. The summed E-state index contributed by atoms with van der Waals surface area (Å²) in [6, 6.07) is 15.5. The Kier molecular flexibility index (Phi) is 4.74. The fraction of sp³-hybridized carbons (Fsp3) is 0. The maximum atomic E-state index is 11.9. The molecule has 0 aliphatic heterocycles. The first-order valence-corrected chi connectivity index (χ1v) is 4.67. The Labute approximate surface area is 116 Å². The molecule has 0 atom stereocenters. The molecule has 0 aromatic heterocycles. The molecule has 3 heteroatoms. The van der Waals surface area contributed by atoms with Gasteiger partial charge >= 0.3 is 29.6 Å². The fourth-order valence-corrected chi connectivity index (χ4v) is 1.41. The zero-order chi connectivity index (χ0) is 10.7. The summed E-state index contributed by atoms with van der Waals surface area (Å²) in [5.74, 6) is -0.139. The van der Waals surface area contributed by atoms with Crippen LogP contribution < -0.4 is 0 Å². The Morgan fingerprint density at radius 1 is 0.875 bits per heavy atom. The standard InChI is InChI=1S/C13H10O2.Na.H/c14-12-9-5-4-8-11(12)13(15)10-6-2-1-3-7-10;;/h1-9,14H;;. The number of para-hydroxylation sites is 1. The molecule has 0 amide bonds. The van der Waals surface area contributed by atoms with Gasteiger partial charge in [0, 0.05) is 5.56 Å². The third kappa shape index (κ3) is 2.73. The summed E-state index contributed by atoms with van der Waals surface area (Å²) >= 11 is 0. The van der Waals surface area contributed by atoms with Crippen LogP contribution in [0.2, 0.25) is 0 Å². The van der Waals surface area contributed by atoms with Gasteiger partial charge in [0.2, 0.25) is 0 Å². The molecule has 0 radical (unpaired) electrons. The monoisotopic (exact) mass is 222 g/mol. The Bertz CT molecular complexity index is 480. The number of hydrogen-bond donors (Lipinski definition) is 1. The predicted molar refractivity (Wildman–Crippen MR) is 65.1 cm³/mol. The molecule has 2 rings (SSSR count). The molecular formula is C13H11NaO2. The zero-order valence-electron chi connectivity index (χ0n) is 8.05. The van der Waals surface area contributed by atoms with E-state index in [-0.39, 0.29) is 41.1 Å². The third-order valence-electron chi connectivity index (χ3n) is 2.18. The molecule has 2 aromatic carbocycles. The van der Waals surface area contributed by atoms with Crippen molar-refractivity contribution in [2.75, 3.05) is 0 Å². The van der Waals surface area contributed by atoms with E-state index in [4.69, 9.17) is 0 Å². The predicted octanol–water partition coefficient (Wildman–Crippen LogP) is 1.97. The van der Waals surface area contributed by atoms with Crippen LogP contribution in [-0.4, -0.2) is 40.4 Å². The van der Waals surface area contributed by atoms with Crippen LogP contribution >= 0.6 is 0 Å². The van der Waals surface area contributed by atoms with Crippen molar-refractivity contribution in [2.45, 2.75) is 0 Å². The number of aromatic hydroxyl groups is 1. The number of benzene rings is 2. The van der Waals surface area contributed by atoms with Gasteiger partial charge in [-0.15, -0.1) is 0 Å². The summed E-state index contributed by atoms with van der Waals surface area (Å²) in [5, 5.41) is 9.52. The molecule has 16 heavy (non-hydrogen) atoms. The molecule has 0 fully saturated rings. The van der Waals surface area contributed by atoms with Crippen molar-refractivity contribution >= 4 is 35.3 Å². The van der Waals surface area contributed by atoms with Crippen LogP contribution in [0.4, 0.5) is 0 Å². The average molecular weight is 222 g/mol. The zero-order valence-corrected chi connectivity index (χ0v) is 8.05. The van der Waals surface area contributed by atoms with E-state index in [1.54, 1.807) is 42.5 Å². The molecule has 0 bridgehead atoms. The van der Waals surface area contributed by atoms with Crippen LogP contribution in [0, 0.1) is 0 Å². The van der Waals surface area contributed by atoms with Gasteiger partial charge in [-0.3, -0.25) is 4.79 Å². The van der Waals surface area contributed by atoms with Crippen molar-refractivity contribution in [1.82, 2.24) is 0 Å². The van der Waals surface area contributed by atoms with E-state index in [1.165, 1.54) is 6.07 Å². The van der Waals surface area contributed by atoms with E-state index in [9.17, 15) is 9.90 Å². The molecule has 1 N–H and O–H groups in total. The normalized spacial score (nSPS) is 9.25. The molecule has 0 saturated carbocycles. The van der Waals surface area contributed by atoms with Crippen molar-refractivity contribution in [3.63, 3.8) is 0 Å². The number of carbonyl (C=O) groups is 1. The molecule has 2 nitrogen and oxygen atoms in total. The Hall–Kier alpha value is -1.09. The molecule has 0 aliphatic rings. The van der Waals surface area contributed by atoms with E-state index < -0.39 is 0 Å². The number of phenols is 1. The van der Waals surface area contributed by atoms with E-state index in [2.05, 4.69) is 0 Å². The Balaban J connectivity index is 0.00000128. The Morgan fingerprint density at radius 3 is 2.06 bits per heavy atom. The first-order chi connectivity index (χ1) is 7.29. The SMILES string of the molecule is O=C(c1ccccc1)c1ccccc1O.[NaH]. The van der Waals surface area contributed by atoms with Gasteiger partial charge in [0.05, 0.1) is 5.56 Å². The fourth-order valence-electron chi connectivity index (χ4n) is 1.41. The number of rotatable bonds is 2. The van der Waals surface area contributed by atoms with Crippen molar-refractivity contribution in [3.05, 3.63) is 65.7 Å². The Morgan fingerprint density at radius 2 is 1.44 bits per heavy atom. The topological polar surface area (TPSA) is 37.3 Å². The number of hydrogen-bond acceptors (Lipinski definition) is 2. The summed E-state index contributed by atoms with van der Waals surface area (Å²) in [7, 11) is 0. The average Bonchev–Trinajstić information content (AvgIpc) is 2.30. The van der Waals surface area contributed by atoms with Gasteiger partial charge in [0.1, 0.15) is 5.75 Å². The number of phenolic OH excluding ortho intramolecular Hbond substituents is 1. The first-order valence-electron chi connectivity index (χ1n) is 4.67. The summed E-state index contributed by atoms with van der Waals surface area (Å²) in [6.07, 6.45) is 0. The van der Waals surface area contributed by atoms with Gasteiger partial charge in [0.15, 0.2) is 5.78 Å². The maximum absolute atomic E-state index is 11.9. The van der Waals surface area contributed by atoms with Gasteiger partial charge in [-0.1, -0.05) is 42.5 Å². The summed E-state index contributed by atoms with van der Waals surface area (Å²) in [6.45, 7) is 0. The second-order valence-electron chi connectivity index (χ2n) is 3.21. The van der Waals surface area contributed by atoms with E-state index in [1.807, 2.05) is 6.07 Å². The second kappa shape index (κ2) is 5.85. The van der Waals surface area contributed by atoms with Gasteiger partial charge < -0.3 is 5.11 Å². The molecule has 76 valence electrons. The molecule has 0 unspecified atom stereocenters. The van der Waals surface area contributed by atoms with Crippen LogP contribution in [0.25, 0.3) is 0 Å². The van der Waals surface area contributed by atoms with Crippen molar-refractivity contribution in [2.24, 2.45) is 0 Å². The van der Waals surface area contributed by atoms with Crippen molar-refractivity contribution in [1.29, 1.82) is 0 Å². The van der Waals surface area contributed by atoms with Crippen LogP contribution in [0.5, 0.6) is 5.75 Å².